The number of amides is 1. The molecule has 7 nitrogen and oxygen atoms in total. The molecule has 0 radical (unpaired) electrons. The van der Waals surface area contributed by atoms with Crippen LogP contribution in [0.15, 0.2) is 67.3 Å². The molecule has 0 unspecified atom stereocenters. The smallest absolute Gasteiger partial charge is 0.407 e. The first-order valence-corrected chi connectivity index (χ1v) is 10.5. The maximum absolute atomic E-state index is 12.0. The fraction of sp³-hybridized carbons (Fsp3) is 0.217. The summed E-state index contributed by atoms with van der Waals surface area (Å²) in [4.78, 5) is 16.3. The fourth-order valence-electron chi connectivity index (χ4n) is 3.44. The van der Waals surface area contributed by atoms with Crippen LogP contribution in [0.3, 0.4) is 0 Å². The number of fused-ring (bicyclic) bond motifs is 1. The van der Waals surface area contributed by atoms with E-state index < -0.39 is 6.09 Å². The molecule has 0 aliphatic heterocycles. The van der Waals surface area contributed by atoms with Gasteiger partial charge in [0.15, 0.2) is 0 Å². The van der Waals surface area contributed by atoms with Gasteiger partial charge in [-0.05, 0) is 54.8 Å². The number of anilines is 1. The van der Waals surface area contributed by atoms with Crippen LogP contribution in [0.25, 0.3) is 16.7 Å². The first-order valence-electron chi connectivity index (χ1n) is 10.1. The predicted octanol–water partition coefficient (Wildman–Crippen LogP) is 4.77. The fourth-order valence-corrected chi connectivity index (χ4v) is 3.66. The van der Waals surface area contributed by atoms with Crippen molar-refractivity contribution in [2.24, 2.45) is 0 Å². The minimum absolute atomic E-state index is 0.352. The molecule has 3 N–H and O–H groups in total. The lowest BCUT2D eigenvalue weighted by Crippen LogP contribution is -2.24. The van der Waals surface area contributed by atoms with E-state index in [-0.39, 0.29) is 0 Å². The Balaban J connectivity index is 1.19. The van der Waals surface area contributed by atoms with E-state index in [4.69, 9.17) is 22.1 Å². The van der Waals surface area contributed by atoms with Crippen molar-refractivity contribution in [3.8, 4) is 5.69 Å². The summed E-state index contributed by atoms with van der Waals surface area (Å²) in [6.07, 6.45) is 6.88. The summed E-state index contributed by atoms with van der Waals surface area (Å²) in [6.45, 7) is 1.51. The molecule has 2 aromatic carbocycles. The number of alkyl carbamates (subject to hydrolysis) is 1. The monoisotopic (exact) mass is 437 g/mol. The van der Waals surface area contributed by atoms with Gasteiger partial charge in [0.05, 0.1) is 24.1 Å². The van der Waals surface area contributed by atoms with Crippen molar-refractivity contribution in [2.45, 2.75) is 25.9 Å². The number of nitrogens with one attached hydrogen (secondary N) is 1. The standard InChI is InChI=1S/C23H24ClN5O2/c24-18-13-20(25)22-21(14-18)29(16-27-22)10-3-4-11-31-23(30)26-15-17-6-5-7-19(12-17)28-8-1-2-9-28/h1-2,5-9,12-14,16H,3-4,10-11,15,25H2,(H,26,30). The van der Waals surface area contributed by atoms with Crippen molar-refractivity contribution in [1.82, 2.24) is 19.4 Å². The van der Waals surface area contributed by atoms with Crippen LogP contribution in [0, 0.1) is 0 Å². The number of aryl methyl sites for hydroxylation is 1. The molecular weight excluding hydrogens is 414 g/mol. The molecule has 0 saturated carbocycles. The Morgan fingerprint density at radius 2 is 1.97 bits per heavy atom. The molecule has 1 amide bonds. The number of nitrogens with two attached hydrogens (primary N) is 1. The van der Waals surface area contributed by atoms with Gasteiger partial charge in [-0.25, -0.2) is 9.78 Å². The van der Waals surface area contributed by atoms with Gasteiger partial charge < -0.3 is 24.9 Å². The largest absolute Gasteiger partial charge is 0.450 e. The summed E-state index contributed by atoms with van der Waals surface area (Å²) in [6, 6.07) is 15.5. The number of hydrogen-bond acceptors (Lipinski definition) is 4. The van der Waals surface area contributed by atoms with Crippen molar-refractivity contribution >= 4 is 34.4 Å². The van der Waals surface area contributed by atoms with Crippen LogP contribution < -0.4 is 11.1 Å². The van der Waals surface area contributed by atoms with Crippen LogP contribution in [0.1, 0.15) is 18.4 Å². The number of ether oxygens (including phenoxy) is 1. The number of benzene rings is 2. The normalized spacial score (nSPS) is 11.0. The molecule has 160 valence electrons. The third kappa shape index (κ3) is 5.19. The maximum atomic E-state index is 12.0. The van der Waals surface area contributed by atoms with E-state index in [2.05, 4.69) is 10.3 Å². The van der Waals surface area contributed by atoms with Gasteiger partial charge in [-0.2, -0.15) is 0 Å². The zero-order valence-electron chi connectivity index (χ0n) is 17.0. The van der Waals surface area contributed by atoms with Crippen LogP contribution >= 0.6 is 11.6 Å². The molecule has 4 rings (SSSR count). The molecule has 2 heterocycles. The molecule has 0 spiro atoms. The average Bonchev–Trinajstić information content (AvgIpc) is 3.43. The topological polar surface area (TPSA) is 87.1 Å². The molecular formula is C23H24ClN5O2. The Labute approximate surface area is 185 Å². The Kier molecular flexibility index (Phi) is 6.43. The van der Waals surface area contributed by atoms with E-state index in [1.807, 2.05) is 64.0 Å². The number of hydrogen-bond donors (Lipinski definition) is 2. The minimum Gasteiger partial charge on any atom is -0.450 e. The number of rotatable bonds is 8. The van der Waals surface area contributed by atoms with E-state index in [0.717, 1.165) is 41.7 Å². The van der Waals surface area contributed by atoms with Gasteiger partial charge in [0.25, 0.3) is 0 Å². The zero-order valence-corrected chi connectivity index (χ0v) is 17.8. The van der Waals surface area contributed by atoms with Gasteiger partial charge in [-0.15, -0.1) is 0 Å². The molecule has 0 aliphatic carbocycles. The van der Waals surface area contributed by atoms with Gasteiger partial charge in [-0.3, -0.25) is 0 Å². The number of aromatic nitrogens is 3. The lowest BCUT2D eigenvalue weighted by atomic mass is 10.2. The molecule has 0 saturated heterocycles. The van der Waals surface area contributed by atoms with Crippen molar-refractivity contribution in [2.75, 3.05) is 12.3 Å². The van der Waals surface area contributed by atoms with Gasteiger partial charge >= 0.3 is 6.09 Å². The zero-order chi connectivity index (χ0) is 21.6. The van der Waals surface area contributed by atoms with E-state index in [1.54, 1.807) is 12.4 Å². The molecule has 2 aromatic heterocycles. The number of carbonyl (C=O) groups excluding carboxylic acids is 1. The second-order valence-corrected chi connectivity index (χ2v) is 7.69. The van der Waals surface area contributed by atoms with Crippen LogP contribution in [0.4, 0.5) is 10.5 Å². The molecule has 8 heteroatoms. The summed E-state index contributed by atoms with van der Waals surface area (Å²) < 4.78 is 9.32. The first-order chi connectivity index (χ1) is 15.1. The SMILES string of the molecule is Nc1cc(Cl)cc2c1ncn2CCCCOC(=O)NCc1cccc(-n2cccc2)c1. The summed E-state index contributed by atoms with van der Waals surface area (Å²) >= 11 is 6.09. The number of nitrogen functional groups attached to an aromatic ring is 1. The number of carbonyl (C=O) groups is 1. The predicted molar refractivity (Wildman–Crippen MR) is 122 cm³/mol. The summed E-state index contributed by atoms with van der Waals surface area (Å²) in [5.74, 6) is 0. The number of halogens is 1. The Morgan fingerprint density at radius 1 is 1.13 bits per heavy atom. The third-order valence-electron chi connectivity index (χ3n) is 5.00. The highest BCUT2D eigenvalue weighted by molar-refractivity contribution is 6.31. The summed E-state index contributed by atoms with van der Waals surface area (Å²) in [5, 5.41) is 3.39. The first kappa shape index (κ1) is 20.8. The highest BCUT2D eigenvalue weighted by Crippen LogP contribution is 2.25. The molecule has 0 atom stereocenters. The van der Waals surface area contributed by atoms with Gasteiger partial charge in [0, 0.05) is 36.2 Å². The number of unbranched alkanes of at least 4 members (excludes halogenated alkanes) is 1. The third-order valence-corrected chi connectivity index (χ3v) is 5.21. The quantitative estimate of drug-likeness (QED) is 0.307. The number of nitrogens with zero attached hydrogens (tertiary/aromatic N) is 3. The molecule has 0 fully saturated rings. The molecule has 0 bridgehead atoms. The van der Waals surface area contributed by atoms with E-state index >= 15 is 0 Å². The minimum atomic E-state index is -0.418. The van der Waals surface area contributed by atoms with Crippen LogP contribution in [0.2, 0.25) is 5.02 Å². The number of imidazole rings is 1. The van der Waals surface area contributed by atoms with Crippen molar-refractivity contribution in [3.63, 3.8) is 0 Å². The highest BCUT2D eigenvalue weighted by atomic mass is 35.5. The van der Waals surface area contributed by atoms with Gasteiger partial charge in [0.2, 0.25) is 0 Å². The lowest BCUT2D eigenvalue weighted by molar-refractivity contribution is 0.143. The van der Waals surface area contributed by atoms with E-state index in [0.29, 0.717) is 23.9 Å². The Hall–Kier alpha value is -3.45. The molecule has 31 heavy (non-hydrogen) atoms. The second-order valence-electron chi connectivity index (χ2n) is 7.26. The van der Waals surface area contributed by atoms with Crippen molar-refractivity contribution in [1.29, 1.82) is 0 Å². The average molecular weight is 438 g/mol. The summed E-state index contributed by atoms with van der Waals surface area (Å²) in [5.41, 5.74) is 10.2. The Bertz CT molecular complexity index is 1170. The van der Waals surface area contributed by atoms with Crippen molar-refractivity contribution in [3.05, 3.63) is 77.8 Å². The van der Waals surface area contributed by atoms with E-state index in [1.165, 1.54) is 0 Å². The highest BCUT2D eigenvalue weighted by Gasteiger charge is 2.08. The molecule has 4 aromatic rings. The van der Waals surface area contributed by atoms with Crippen LogP contribution in [-0.2, 0) is 17.8 Å². The van der Waals surface area contributed by atoms with Gasteiger partial charge in [0.1, 0.15) is 5.52 Å². The van der Waals surface area contributed by atoms with Crippen LogP contribution in [0.5, 0.6) is 0 Å². The Morgan fingerprint density at radius 3 is 2.81 bits per heavy atom. The van der Waals surface area contributed by atoms with Crippen LogP contribution in [-0.4, -0.2) is 26.8 Å². The van der Waals surface area contributed by atoms with E-state index in [9.17, 15) is 4.79 Å². The lowest BCUT2D eigenvalue weighted by Gasteiger charge is -2.09. The summed E-state index contributed by atoms with van der Waals surface area (Å²) in [7, 11) is 0. The second kappa shape index (κ2) is 9.57. The van der Waals surface area contributed by atoms with Gasteiger partial charge in [-0.1, -0.05) is 23.7 Å². The maximum Gasteiger partial charge on any atom is 0.407 e. The molecule has 0 aliphatic rings. The van der Waals surface area contributed by atoms with Crippen molar-refractivity contribution < 1.29 is 9.53 Å².